The number of benzene rings is 1. The lowest BCUT2D eigenvalue weighted by Crippen LogP contribution is -2.47. The molecule has 1 saturated heterocycles. The van der Waals surface area contributed by atoms with Gasteiger partial charge in [0.05, 0.1) is 13.2 Å². The molecule has 1 heterocycles. The summed E-state index contributed by atoms with van der Waals surface area (Å²) < 4.78 is 10.4. The molecule has 0 bridgehead atoms. The van der Waals surface area contributed by atoms with E-state index in [1.54, 1.807) is 7.11 Å². The fourth-order valence-electron chi connectivity index (χ4n) is 1.96. The number of carbonyl (C=O) groups is 1. The lowest BCUT2D eigenvalue weighted by atomic mass is 10.1. The summed E-state index contributed by atoms with van der Waals surface area (Å²) in [4.78, 5) is 11.8. The Bertz CT molecular complexity index is 400. The molecule has 0 radical (unpaired) electrons. The highest BCUT2D eigenvalue weighted by atomic mass is 16.5. The molecule has 104 valence electrons. The van der Waals surface area contributed by atoms with Gasteiger partial charge in [0.2, 0.25) is 0 Å². The van der Waals surface area contributed by atoms with Gasteiger partial charge < -0.3 is 20.1 Å². The van der Waals surface area contributed by atoms with Crippen molar-refractivity contribution in [3.05, 3.63) is 35.4 Å². The predicted octanol–water partition coefficient (Wildman–Crippen LogP) is 0.438. The molecule has 1 fully saturated rings. The van der Waals surface area contributed by atoms with Crippen molar-refractivity contribution in [3.63, 3.8) is 0 Å². The molecule has 0 spiro atoms. The zero-order valence-electron chi connectivity index (χ0n) is 11.1. The Morgan fingerprint density at radius 1 is 1.42 bits per heavy atom. The van der Waals surface area contributed by atoms with Gasteiger partial charge in [0.1, 0.15) is 6.10 Å². The largest absolute Gasteiger partial charge is 0.380 e. The van der Waals surface area contributed by atoms with E-state index in [1.165, 1.54) is 0 Å². The molecule has 1 aromatic rings. The van der Waals surface area contributed by atoms with Gasteiger partial charge in [-0.3, -0.25) is 4.79 Å². The van der Waals surface area contributed by atoms with Crippen molar-refractivity contribution in [1.29, 1.82) is 0 Å². The van der Waals surface area contributed by atoms with Gasteiger partial charge in [-0.1, -0.05) is 24.3 Å². The van der Waals surface area contributed by atoms with Crippen molar-refractivity contribution >= 4 is 5.91 Å². The fraction of sp³-hybridized carbons (Fsp3) is 0.500. The van der Waals surface area contributed by atoms with Crippen molar-refractivity contribution in [3.8, 4) is 0 Å². The highest BCUT2D eigenvalue weighted by molar-refractivity contribution is 5.81. The van der Waals surface area contributed by atoms with E-state index in [0.29, 0.717) is 26.3 Å². The third-order valence-corrected chi connectivity index (χ3v) is 3.02. The number of methoxy groups -OCH3 is 1. The first kappa shape index (κ1) is 14.0. The zero-order chi connectivity index (χ0) is 13.5. The molecule has 19 heavy (non-hydrogen) atoms. The number of rotatable bonds is 5. The SMILES string of the molecule is COCc1ccc(CNC(=O)C2CNCCO2)cc1. The van der Waals surface area contributed by atoms with Crippen molar-refractivity contribution in [2.75, 3.05) is 26.8 Å². The molecule has 0 saturated carbocycles. The van der Waals surface area contributed by atoms with E-state index in [4.69, 9.17) is 9.47 Å². The average Bonchev–Trinajstić information content (AvgIpc) is 2.47. The fourth-order valence-corrected chi connectivity index (χ4v) is 1.96. The van der Waals surface area contributed by atoms with Crippen molar-refractivity contribution < 1.29 is 14.3 Å². The minimum absolute atomic E-state index is 0.0619. The van der Waals surface area contributed by atoms with E-state index in [1.807, 2.05) is 24.3 Å². The van der Waals surface area contributed by atoms with Crippen molar-refractivity contribution in [1.82, 2.24) is 10.6 Å². The molecular weight excluding hydrogens is 244 g/mol. The monoisotopic (exact) mass is 264 g/mol. The van der Waals surface area contributed by atoms with Crippen LogP contribution < -0.4 is 10.6 Å². The molecule has 1 aromatic carbocycles. The number of morpholine rings is 1. The van der Waals surface area contributed by atoms with Crippen LogP contribution in [0, 0.1) is 0 Å². The molecule has 0 aromatic heterocycles. The van der Waals surface area contributed by atoms with E-state index >= 15 is 0 Å². The molecule has 2 N–H and O–H groups in total. The first-order chi connectivity index (χ1) is 9.29. The van der Waals surface area contributed by atoms with Crippen LogP contribution in [-0.4, -0.2) is 38.8 Å². The Morgan fingerprint density at radius 2 is 2.16 bits per heavy atom. The number of amides is 1. The topological polar surface area (TPSA) is 59.6 Å². The van der Waals surface area contributed by atoms with E-state index in [0.717, 1.165) is 17.7 Å². The lowest BCUT2D eigenvalue weighted by molar-refractivity contribution is -0.134. The Morgan fingerprint density at radius 3 is 2.79 bits per heavy atom. The molecule has 1 amide bonds. The molecule has 1 aliphatic heterocycles. The van der Waals surface area contributed by atoms with Gasteiger partial charge in [-0.05, 0) is 11.1 Å². The van der Waals surface area contributed by atoms with Gasteiger partial charge in [-0.15, -0.1) is 0 Å². The average molecular weight is 264 g/mol. The van der Waals surface area contributed by atoms with E-state index in [2.05, 4.69) is 10.6 Å². The van der Waals surface area contributed by atoms with E-state index in [-0.39, 0.29) is 12.0 Å². The number of carbonyl (C=O) groups excluding carboxylic acids is 1. The highest BCUT2D eigenvalue weighted by Crippen LogP contribution is 2.05. The maximum absolute atomic E-state index is 11.8. The van der Waals surface area contributed by atoms with Gasteiger partial charge in [-0.25, -0.2) is 0 Å². The Labute approximate surface area is 113 Å². The summed E-state index contributed by atoms with van der Waals surface area (Å²) in [6, 6.07) is 8.00. The number of hydrogen-bond acceptors (Lipinski definition) is 4. The van der Waals surface area contributed by atoms with Gasteiger partial charge in [0.15, 0.2) is 0 Å². The molecule has 1 aliphatic rings. The summed E-state index contributed by atoms with van der Waals surface area (Å²) in [5.74, 6) is -0.0619. The van der Waals surface area contributed by atoms with Crippen molar-refractivity contribution in [2.24, 2.45) is 0 Å². The van der Waals surface area contributed by atoms with Crippen LogP contribution in [0.3, 0.4) is 0 Å². The van der Waals surface area contributed by atoms with Gasteiger partial charge in [-0.2, -0.15) is 0 Å². The second-order valence-electron chi connectivity index (χ2n) is 4.53. The highest BCUT2D eigenvalue weighted by Gasteiger charge is 2.20. The molecule has 5 heteroatoms. The second kappa shape index (κ2) is 7.23. The van der Waals surface area contributed by atoms with E-state index < -0.39 is 0 Å². The third-order valence-electron chi connectivity index (χ3n) is 3.02. The summed E-state index contributed by atoms with van der Waals surface area (Å²) in [6.45, 7) is 3.10. The standard InChI is InChI=1S/C14H20N2O3/c1-18-10-12-4-2-11(3-5-12)8-16-14(17)13-9-15-6-7-19-13/h2-5,13,15H,6-10H2,1H3,(H,16,17). The van der Waals surface area contributed by atoms with Crippen LogP contribution in [0.15, 0.2) is 24.3 Å². The van der Waals surface area contributed by atoms with Gasteiger partial charge in [0.25, 0.3) is 5.91 Å². The molecular formula is C14H20N2O3. The lowest BCUT2D eigenvalue weighted by Gasteiger charge is -2.22. The van der Waals surface area contributed by atoms with Gasteiger partial charge in [0, 0.05) is 26.7 Å². The van der Waals surface area contributed by atoms with Crippen LogP contribution in [0.1, 0.15) is 11.1 Å². The molecule has 5 nitrogen and oxygen atoms in total. The minimum atomic E-state index is -0.374. The Hall–Kier alpha value is -1.43. The molecule has 1 atom stereocenters. The number of ether oxygens (including phenoxy) is 2. The quantitative estimate of drug-likeness (QED) is 0.810. The molecule has 2 rings (SSSR count). The summed E-state index contributed by atoms with van der Waals surface area (Å²) >= 11 is 0. The van der Waals surface area contributed by atoms with Gasteiger partial charge >= 0.3 is 0 Å². The van der Waals surface area contributed by atoms with Crippen LogP contribution in [-0.2, 0) is 27.4 Å². The van der Waals surface area contributed by atoms with Crippen LogP contribution in [0.2, 0.25) is 0 Å². The first-order valence-corrected chi connectivity index (χ1v) is 6.46. The van der Waals surface area contributed by atoms with E-state index in [9.17, 15) is 4.79 Å². The summed E-state index contributed by atoms with van der Waals surface area (Å²) in [7, 11) is 1.67. The summed E-state index contributed by atoms with van der Waals surface area (Å²) in [5, 5.41) is 6.02. The Balaban J connectivity index is 1.79. The molecule has 0 aliphatic carbocycles. The minimum Gasteiger partial charge on any atom is -0.380 e. The van der Waals surface area contributed by atoms with Crippen LogP contribution >= 0.6 is 0 Å². The van der Waals surface area contributed by atoms with Crippen LogP contribution in [0.4, 0.5) is 0 Å². The van der Waals surface area contributed by atoms with Crippen molar-refractivity contribution in [2.45, 2.75) is 19.3 Å². The molecule has 1 unspecified atom stereocenters. The maximum atomic E-state index is 11.8. The normalized spacial score (nSPS) is 19.1. The first-order valence-electron chi connectivity index (χ1n) is 6.46. The van der Waals surface area contributed by atoms with Crippen LogP contribution in [0.5, 0.6) is 0 Å². The number of nitrogens with one attached hydrogen (secondary N) is 2. The zero-order valence-corrected chi connectivity index (χ0v) is 11.1. The maximum Gasteiger partial charge on any atom is 0.250 e. The number of hydrogen-bond donors (Lipinski definition) is 2. The summed E-state index contributed by atoms with van der Waals surface area (Å²) in [6.07, 6.45) is -0.374. The summed E-state index contributed by atoms with van der Waals surface area (Å²) in [5.41, 5.74) is 2.19. The smallest absolute Gasteiger partial charge is 0.250 e. The van der Waals surface area contributed by atoms with Crippen LogP contribution in [0.25, 0.3) is 0 Å². The predicted molar refractivity (Wildman–Crippen MR) is 71.6 cm³/mol. The Kier molecular flexibility index (Phi) is 5.32. The second-order valence-corrected chi connectivity index (χ2v) is 4.53. The third kappa shape index (κ3) is 4.31.